The van der Waals surface area contributed by atoms with E-state index in [-0.39, 0.29) is 11.9 Å². The van der Waals surface area contributed by atoms with Crippen LogP contribution < -0.4 is 5.32 Å². The number of carbonyl (C=O) groups excluding carboxylic acids is 1. The van der Waals surface area contributed by atoms with Gasteiger partial charge in [0.2, 0.25) is 0 Å². The van der Waals surface area contributed by atoms with Crippen molar-refractivity contribution in [3.63, 3.8) is 0 Å². The zero-order valence-electron chi connectivity index (χ0n) is 6.17. The van der Waals surface area contributed by atoms with Gasteiger partial charge in [0, 0.05) is 13.1 Å². The van der Waals surface area contributed by atoms with Crippen molar-refractivity contribution in [2.75, 3.05) is 20.2 Å². The fourth-order valence-electron chi connectivity index (χ4n) is 1.15. The molecule has 3 heteroatoms. The van der Waals surface area contributed by atoms with E-state index in [4.69, 9.17) is 0 Å². The summed E-state index contributed by atoms with van der Waals surface area (Å²) in [5.41, 5.74) is 0. The molecule has 0 amide bonds. The number of ether oxygens (including phenoxy) is 1. The van der Waals surface area contributed by atoms with Crippen LogP contribution >= 0.6 is 0 Å². The quantitative estimate of drug-likeness (QED) is 0.490. The Morgan fingerprint density at radius 1 is 1.70 bits per heavy atom. The molecule has 0 saturated carbocycles. The predicted octanol–water partition coefficient (Wildman–Crippen LogP) is 0.174. The Kier molecular flexibility index (Phi) is 2.68. The van der Waals surface area contributed by atoms with E-state index in [0.717, 1.165) is 19.4 Å². The summed E-state index contributed by atoms with van der Waals surface area (Å²) in [5, 5.41) is 4.13. The maximum atomic E-state index is 10.9. The maximum absolute atomic E-state index is 10.9. The molecule has 1 aliphatic heterocycles. The predicted molar refractivity (Wildman–Crippen MR) is 36.6 cm³/mol. The minimum atomic E-state index is -0.108. The van der Waals surface area contributed by atoms with Gasteiger partial charge in [0.15, 0.2) is 0 Å². The van der Waals surface area contributed by atoms with Gasteiger partial charge in [-0.1, -0.05) is 0 Å². The van der Waals surface area contributed by atoms with Gasteiger partial charge < -0.3 is 4.74 Å². The average Bonchev–Trinajstić information content (AvgIpc) is 2.05. The number of methoxy groups -OCH3 is 1. The largest absolute Gasteiger partial charge is 0.469 e. The second kappa shape index (κ2) is 3.56. The molecule has 0 bridgehead atoms. The summed E-state index contributed by atoms with van der Waals surface area (Å²) in [5.74, 6) is -0.0674. The lowest BCUT2D eigenvalue weighted by Gasteiger charge is -2.18. The standard InChI is InChI=1S/C7H12NO2/c1-10-7(9)6-3-2-4-8-5-6/h6H,2-5H2,1H3/t6-/m0/s1. The molecule has 1 rings (SSSR count). The monoisotopic (exact) mass is 142 g/mol. The third-order valence-corrected chi connectivity index (χ3v) is 1.75. The van der Waals surface area contributed by atoms with E-state index >= 15 is 0 Å². The molecule has 1 heterocycles. The molecule has 1 fully saturated rings. The van der Waals surface area contributed by atoms with Gasteiger partial charge in [-0.05, 0) is 12.8 Å². The van der Waals surface area contributed by atoms with E-state index in [1.807, 2.05) is 0 Å². The number of carbonyl (C=O) groups is 1. The molecule has 0 unspecified atom stereocenters. The minimum Gasteiger partial charge on any atom is -0.469 e. The first kappa shape index (κ1) is 7.54. The molecule has 0 spiro atoms. The van der Waals surface area contributed by atoms with Gasteiger partial charge in [0.05, 0.1) is 13.0 Å². The summed E-state index contributed by atoms with van der Waals surface area (Å²) < 4.78 is 4.59. The number of hydrogen-bond donors (Lipinski definition) is 0. The smallest absolute Gasteiger partial charge is 0.310 e. The van der Waals surface area contributed by atoms with E-state index in [1.54, 1.807) is 0 Å². The lowest BCUT2D eigenvalue weighted by atomic mass is 10.0. The Hall–Kier alpha value is -0.570. The normalized spacial score (nSPS) is 25.9. The highest BCUT2D eigenvalue weighted by Gasteiger charge is 2.21. The van der Waals surface area contributed by atoms with E-state index in [0.29, 0.717) is 6.54 Å². The van der Waals surface area contributed by atoms with Crippen LogP contribution in [-0.2, 0) is 9.53 Å². The summed E-state index contributed by atoms with van der Waals surface area (Å²) in [6.07, 6.45) is 1.97. The number of esters is 1. The van der Waals surface area contributed by atoms with E-state index in [9.17, 15) is 4.79 Å². The van der Waals surface area contributed by atoms with Crippen molar-refractivity contribution in [1.29, 1.82) is 0 Å². The number of piperidine rings is 1. The van der Waals surface area contributed by atoms with Gasteiger partial charge >= 0.3 is 5.97 Å². The molecule has 0 aliphatic carbocycles. The van der Waals surface area contributed by atoms with Crippen LogP contribution in [0.2, 0.25) is 0 Å². The first-order valence-electron chi connectivity index (χ1n) is 3.55. The average molecular weight is 142 g/mol. The molecule has 0 aromatic rings. The number of rotatable bonds is 1. The van der Waals surface area contributed by atoms with Gasteiger partial charge in [-0.2, -0.15) is 0 Å². The molecule has 1 aliphatic rings. The number of hydrogen-bond acceptors (Lipinski definition) is 2. The van der Waals surface area contributed by atoms with Gasteiger partial charge in [0.1, 0.15) is 0 Å². The van der Waals surface area contributed by atoms with Gasteiger partial charge in [0.25, 0.3) is 0 Å². The maximum Gasteiger partial charge on any atom is 0.310 e. The van der Waals surface area contributed by atoms with Gasteiger partial charge in [-0.25, -0.2) is 5.32 Å². The fourth-order valence-corrected chi connectivity index (χ4v) is 1.15. The first-order chi connectivity index (χ1) is 4.84. The van der Waals surface area contributed by atoms with Crippen molar-refractivity contribution in [3.8, 4) is 0 Å². The Labute approximate surface area is 60.7 Å². The van der Waals surface area contributed by atoms with Crippen molar-refractivity contribution in [1.82, 2.24) is 5.32 Å². The highest BCUT2D eigenvalue weighted by molar-refractivity contribution is 5.72. The highest BCUT2D eigenvalue weighted by atomic mass is 16.5. The summed E-state index contributed by atoms with van der Waals surface area (Å²) >= 11 is 0. The van der Waals surface area contributed by atoms with Crippen LogP contribution in [0.1, 0.15) is 12.8 Å². The molecule has 0 aromatic heterocycles. The lowest BCUT2D eigenvalue weighted by molar-refractivity contribution is -0.146. The Balaban J connectivity index is 2.31. The first-order valence-corrected chi connectivity index (χ1v) is 3.55. The van der Waals surface area contributed by atoms with E-state index < -0.39 is 0 Å². The topological polar surface area (TPSA) is 40.4 Å². The molecule has 57 valence electrons. The summed E-state index contributed by atoms with van der Waals surface area (Å²) in [6.45, 7) is 1.57. The third kappa shape index (κ3) is 1.70. The molecule has 0 aromatic carbocycles. The third-order valence-electron chi connectivity index (χ3n) is 1.75. The molecule has 3 nitrogen and oxygen atoms in total. The second-order valence-electron chi connectivity index (χ2n) is 2.49. The summed E-state index contributed by atoms with van der Waals surface area (Å²) in [6, 6.07) is 0. The zero-order valence-corrected chi connectivity index (χ0v) is 6.17. The van der Waals surface area contributed by atoms with Crippen LogP contribution in [0.25, 0.3) is 0 Å². The van der Waals surface area contributed by atoms with Gasteiger partial charge in [-0.3, -0.25) is 4.79 Å². The van der Waals surface area contributed by atoms with E-state index in [1.165, 1.54) is 7.11 Å². The minimum absolute atomic E-state index is 0.0405. The van der Waals surface area contributed by atoms with Crippen LogP contribution in [0.15, 0.2) is 0 Å². The van der Waals surface area contributed by atoms with E-state index in [2.05, 4.69) is 10.1 Å². The molecule has 0 N–H and O–H groups in total. The van der Waals surface area contributed by atoms with Crippen molar-refractivity contribution >= 4 is 5.97 Å². The summed E-state index contributed by atoms with van der Waals surface area (Å²) in [7, 11) is 1.43. The van der Waals surface area contributed by atoms with Crippen LogP contribution in [0.3, 0.4) is 0 Å². The highest BCUT2D eigenvalue weighted by Crippen LogP contribution is 2.11. The van der Waals surface area contributed by atoms with Gasteiger partial charge in [-0.15, -0.1) is 0 Å². The molecule has 1 atom stereocenters. The SMILES string of the molecule is COC(=O)[C@H]1CCC[N]C1. The van der Waals surface area contributed by atoms with Crippen molar-refractivity contribution < 1.29 is 9.53 Å². The second-order valence-corrected chi connectivity index (χ2v) is 2.49. The van der Waals surface area contributed by atoms with Crippen LogP contribution in [0.4, 0.5) is 0 Å². The van der Waals surface area contributed by atoms with Crippen molar-refractivity contribution in [3.05, 3.63) is 0 Å². The zero-order chi connectivity index (χ0) is 7.40. The fraction of sp³-hybridized carbons (Fsp3) is 0.857. The molecule has 1 saturated heterocycles. The number of nitrogens with zero attached hydrogens (tertiary/aromatic N) is 1. The van der Waals surface area contributed by atoms with Crippen LogP contribution in [0.5, 0.6) is 0 Å². The molecule has 10 heavy (non-hydrogen) atoms. The Morgan fingerprint density at radius 2 is 2.50 bits per heavy atom. The molecular weight excluding hydrogens is 130 g/mol. The Bertz CT molecular complexity index is 119. The molecule has 1 radical (unpaired) electrons. The van der Waals surface area contributed by atoms with Crippen molar-refractivity contribution in [2.45, 2.75) is 12.8 Å². The molecular formula is C7H12NO2. The van der Waals surface area contributed by atoms with Crippen LogP contribution in [-0.4, -0.2) is 26.2 Å². The Morgan fingerprint density at radius 3 is 3.00 bits per heavy atom. The van der Waals surface area contributed by atoms with Crippen LogP contribution in [0, 0.1) is 5.92 Å². The van der Waals surface area contributed by atoms with Crippen molar-refractivity contribution in [2.24, 2.45) is 5.92 Å². The summed E-state index contributed by atoms with van der Waals surface area (Å²) in [4.78, 5) is 10.9. The lowest BCUT2D eigenvalue weighted by Crippen LogP contribution is -2.30.